The van der Waals surface area contributed by atoms with Crippen molar-refractivity contribution >= 4 is 5.78 Å². The third-order valence-corrected chi connectivity index (χ3v) is 5.72. The normalized spacial score (nSPS) is 38.2. The largest absolute Gasteiger partial charge is 0.294 e. The second-order valence-electron chi connectivity index (χ2n) is 6.94. The van der Waals surface area contributed by atoms with E-state index in [-0.39, 0.29) is 17.3 Å². The molecule has 0 amide bonds. The lowest BCUT2D eigenvalue weighted by molar-refractivity contribution is -0.0252. The average molecular weight is 276 g/mol. The summed E-state index contributed by atoms with van der Waals surface area (Å²) in [5.74, 6) is 1.03. The fourth-order valence-electron chi connectivity index (χ4n) is 5.22. The molecule has 20 heavy (non-hydrogen) atoms. The van der Waals surface area contributed by atoms with Crippen LogP contribution in [0.2, 0.25) is 0 Å². The van der Waals surface area contributed by atoms with Gasteiger partial charge in [0, 0.05) is 5.92 Å². The highest BCUT2D eigenvalue weighted by molar-refractivity contribution is 5.98. The Labute approximate surface area is 117 Å². The Balaban J connectivity index is 1.67. The number of ketones is 1. The molecule has 0 spiro atoms. The monoisotopic (exact) mass is 276 g/mol. The van der Waals surface area contributed by atoms with Gasteiger partial charge in [0.05, 0.1) is 5.56 Å². The molecule has 4 saturated carbocycles. The van der Waals surface area contributed by atoms with Crippen molar-refractivity contribution in [2.45, 2.75) is 32.1 Å². The van der Waals surface area contributed by atoms with Crippen molar-refractivity contribution in [3.05, 3.63) is 35.4 Å². The van der Waals surface area contributed by atoms with Crippen LogP contribution in [0.15, 0.2) is 18.2 Å². The van der Waals surface area contributed by atoms with Crippen LogP contribution in [0.25, 0.3) is 0 Å². The topological polar surface area (TPSA) is 17.1 Å². The fraction of sp³-hybridized carbons (Fsp3) is 0.588. The van der Waals surface area contributed by atoms with Crippen molar-refractivity contribution in [2.75, 3.05) is 0 Å². The van der Waals surface area contributed by atoms with E-state index in [1.807, 2.05) is 0 Å². The molecule has 1 aromatic rings. The fourth-order valence-corrected chi connectivity index (χ4v) is 5.22. The van der Waals surface area contributed by atoms with Crippen LogP contribution in [-0.2, 0) is 0 Å². The first-order valence-corrected chi connectivity index (χ1v) is 7.61. The predicted octanol–water partition coefficient (Wildman–Crippen LogP) is 4.22. The van der Waals surface area contributed by atoms with Crippen LogP contribution in [-0.4, -0.2) is 5.78 Å². The van der Waals surface area contributed by atoms with E-state index in [1.165, 1.54) is 6.42 Å². The molecule has 4 aliphatic carbocycles. The first kappa shape index (κ1) is 12.5. The van der Waals surface area contributed by atoms with Gasteiger partial charge in [-0.3, -0.25) is 4.79 Å². The molecule has 1 nitrogen and oxygen atoms in total. The summed E-state index contributed by atoms with van der Waals surface area (Å²) in [6, 6.07) is 3.21. The van der Waals surface area contributed by atoms with Gasteiger partial charge in [0.15, 0.2) is 5.78 Å². The number of benzene rings is 1. The maximum atomic E-state index is 13.8. The Morgan fingerprint density at radius 3 is 2.15 bits per heavy atom. The van der Waals surface area contributed by atoms with Crippen molar-refractivity contribution in [2.24, 2.45) is 29.6 Å². The molecule has 4 aliphatic rings. The summed E-state index contributed by atoms with van der Waals surface area (Å²) < 4.78 is 27.2. The zero-order chi connectivity index (χ0) is 13.9. The maximum Gasteiger partial charge on any atom is 0.169 e. The third-order valence-electron chi connectivity index (χ3n) is 5.72. The van der Waals surface area contributed by atoms with Gasteiger partial charge in [0.2, 0.25) is 0 Å². The molecule has 0 N–H and O–H groups in total. The Bertz CT molecular complexity index is 538. The molecule has 0 unspecified atom stereocenters. The lowest BCUT2D eigenvalue weighted by Crippen LogP contribution is -2.48. The predicted molar refractivity (Wildman–Crippen MR) is 71.2 cm³/mol. The van der Waals surface area contributed by atoms with Gasteiger partial charge in [-0.05, 0) is 74.0 Å². The first-order valence-electron chi connectivity index (χ1n) is 7.61. The molecular formula is C17H18F2O. The minimum Gasteiger partial charge on any atom is -0.294 e. The number of rotatable bonds is 2. The van der Waals surface area contributed by atoms with Crippen molar-refractivity contribution in [3.63, 3.8) is 0 Å². The van der Waals surface area contributed by atoms with Gasteiger partial charge in [-0.2, -0.15) is 0 Å². The molecule has 0 heterocycles. The molecule has 106 valence electrons. The Hall–Kier alpha value is -1.25. The van der Waals surface area contributed by atoms with Crippen LogP contribution in [0.1, 0.15) is 42.5 Å². The highest BCUT2D eigenvalue weighted by Crippen LogP contribution is 2.57. The third kappa shape index (κ3) is 1.82. The van der Waals surface area contributed by atoms with Crippen molar-refractivity contribution in [1.82, 2.24) is 0 Å². The standard InChI is InChI=1S/C17H18F2O/c18-13-1-2-15(19)14(8-13)17(20)16-11-4-9-3-10(6-11)7-12(16)5-9/h1-2,8-12,16H,3-7H2. The number of carbonyl (C=O) groups is 1. The summed E-state index contributed by atoms with van der Waals surface area (Å²) >= 11 is 0. The summed E-state index contributed by atoms with van der Waals surface area (Å²) in [6.45, 7) is 0. The summed E-state index contributed by atoms with van der Waals surface area (Å²) in [7, 11) is 0. The van der Waals surface area contributed by atoms with Crippen molar-refractivity contribution in [1.29, 1.82) is 0 Å². The van der Waals surface area contributed by atoms with Crippen molar-refractivity contribution in [3.8, 4) is 0 Å². The molecule has 0 aromatic heterocycles. The van der Waals surface area contributed by atoms with E-state index in [4.69, 9.17) is 0 Å². The minimum absolute atomic E-state index is 0.0394. The van der Waals surface area contributed by atoms with Gasteiger partial charge in [-0.1, -0.05) is 0 Å². The summed E-state index contributed by atoms with van der Waals surface area (Å²) in [5, 5.41) is 0. The van der Waals surface area contributed by atoms with Crippen LogP contribution in [0.3, 0.4) is 0 Å². The van der Waals surface area contributed by atoms with E-state index in [0.29, 0.717) is 11.8 Å². The molecule has 0 atom stereocenters. The van der Waals surface area contributed by atoms with E-state index >= 15 is 0 Å². The van der Waals surface area contributed by atoms with Crippen LogP contribution in [0.5, 0.6) is 0 Å². The molecule has 0 aliphatic heterocycles. The van der Waals surface area contributed by atoms with Gasteiger partial charge in [-0.15, -0.1) is 0 Å². The average Bonchev–Trinajstić information content (AvgIpc) is 2.40. The van der Waals surface area contributed by atoms with Gasteiger partial charge in [0.1, 0.15) is 11.6 Å². The highest BCUT2D eigenvalue weighted by atomic mass is 19.1. The van der Waals surface area contributed by atoms with Gasteiger partial charge in [-0.25, -0.2) is 8.78 Å². The van der Waals surface area contributed by atoms with Crippen LogP contribution in [0.4, 0.5) is 8.78 Å². The van der Waals surface area contributed by atoms with Crippen molar-refractivity contribution < 1.29 is 13.6 Å². The van der Waals surface area contributed by atoms with E-state index < -0.39 is 11.6 Å². The number of hydrogen-bond acceptors (Lipinski definition) is 1. The molecule has 5 rings (SSSR count). The number of halogens is 2. The van der Waals surface area contributed by atoms with E-state index in [2.05, 4.69) is 0 Å². The summed E-state index contributed by atoms with van der Waals surface area (Å²) in [5.41, 5.74) is -0.0394. The summed E-state index contributed by atoms with van der Waals surface area (Å²) in [4.78, 5) is 12.7. The second-order valence-corrected chi connectivity index (χ2v) is 6.94. The van der Waals surface area contributed by atoms with Crippen LogP contribution < -0.4 is 0 Å². The lowest BCUT2D eigenvalue weighted by Gasteiger charge is -2.53. The second kappa shape index (κ2) is 4.37. The molecular weight excluding hydrogens is 258 g/mol. The zero-order valence-corrected chi connectivity index (χ0v) is 11.3. The molecule has 4 fully saturated rings. The maximum absolute atomic E-state index is 13.8. The smallest absolute Gasteiger partial charge is 0.169 e. The minimum atomic E-state index is -0.579. The number of Topliss-reactive ketones (excluding diaryl/α,β-unsaturated/α-hetero) is 1. The van der Waals surface area contributed by atoms with Gasteiger partial charge < -0.3 is 0 Å². The van der Waals surface area contributed by atoms with Crippen LogP contribution >= 0.6 is 0 Å². The van der Waals surface area contributed by atoms with Gasteiger partial charge >= 0.3 is 0 Å². The SMILES string of the molecule is O=C(c1cc(F)ccc1F)C1C2CC3CC(C2)CC1C3. The Kier molecular flexibility index (Phi) is 2.73. The van der Waals surface area contributed by atoms with E-state index in [1.54, 1.807) is 0 Å². The number of carbonyl (C=O) groups excluding carboxylic acids is 1. The zero-order valence-electron chi connectivity index (χ0n) is 11.3. The Morgan fingerprint density at radius 2 is 1.55 bits per heavy atom. The molecule has 0 radical (unpaired) electrons. The molecule has 1 aromatic carbocycles. The molecule has 3 heteroatoms. The molecule has 4 bridgehead atoms. The first-order chi connectivity index (χ1) is 9.61. The number of hydrogen-bond donors (Lipinski definition) is 0. The Morgan fingerprint density at radius 1 is 0.950 bits per heavy atom. The van der Waals surface area contributed by atoms with E-state index in [9.17, 15) is 13.6 Å². The van der Waals surface area contributed by atoms with Gasteiger partial charge in [0.25, 0.3) is 0 Å². The lowest BCUT2D eigenvalue weighted by atomic mass is 9.51. The molecule has 0 saturated heterocycles. The highest BCUT2D eigenvalue weighted by Gasteiger charge is 2.50. The summed E-state index contributed by atoms with van der Waals surface area (Å²) in [6.07, 6.45) is 5.77. The quantitative estimate of drug-likeness (QED) is 0.739. The van der Waals surface area contributed by atoms with Crippen LogP contribution in [0, 0.1) is 41.2 Å². The van der Waals surface area contributed by atoms with E-state index in [0.717, 1.165) is 55.7 Å².